The minimum atomic E-state index is -4.46. The molecule has 0 atom stereocenters. The van der Waals surface area contributed by atoms with Gasteiger partial charge in [-0.05, 0) is 80.8 Å². The number of rotatable bonds is 2. The largest absolute Gasteiger partial charge is 0.416 e. The Balaban J connectivity index is 1.80. The number of halogens is 4. The summed E-state index contributed by atoms with van der Waals surface area (Å²) in [4.78, 5) is 12.5. The van der Waals surface area contributed by atoms with Crippen molar-refractivity contribution in [1.29, 1.82) is 0 Å². The van der Waals surface area contributed by atoms with E-state index in [9.17, 15) is 18.0 Å². The maximum atomic E-state index is 13.0. The van der Waals surface area contributed by atoms with Gasteiger partial charge >= 0.3 is 6.18 Å². The maximum Gasteiger partial charge on any atom is 0.416 e. The molecule has 1 aliphatic heterocycles. The fourth-order valence-electron chi connectivity index (χ4n) is 4.05. The molecule has 0 spiro atoms. The van der Waals surface area contributed by atoms with Gasteiger partial charge in [-0.1, -0.05) is 22.0 Å². The highest BCUT2D eigenvalue weighted by atomic mass is 79.9. The van der Waals surface area contributed by atoms with Crippen LogP contribution in [0.4, 0.5) is 18.9 Å². The van der Waals surface area contributed by atoms with Crippen LogP contribution in [-0.4, -0.2) is 10.5 Å². The lowest BCUT2D eigenvalue weighted by Crippen LogP contribution is -2.06. The molecule has 0 saturated heterocycles. The molecule has 0 radical (unpaired) electrons. The smallest absolute Gasteiger partial charge is 0.321 e. The van der Waals surface area contributed by atoms with Crippen molar-refractivity contribution < 1.29 is 18.0 Å². The molecule has 1 aliphatic rings. The molecule has 31 heavy (non-hydrogen) atoms. The predicted octanol–water partition coefficient (Wildman–Crippen LogP) is 6.98. The second-order valence-corrected chi connectivity index (χ2v) is 8.62. The minimum absolute atomic E-state index is 0.180. The van der Waals surface area contributed by atoms with Gasteiger partial charge in [-0.25, -0.2) is 0 Å². The molecule has 0 fully saturated rings. The molecule has 0 bridgehead atoms. The third-order valence-corrected chi connectivity index (χ3v) is 6.83. The molecule has 2 heterocycles. The predicted molar refractivity (Wildman–Crippen MR) is 120 cm³/mol. The molecule has 4 rings (SSSR count). The van der Waals surface area contributed by atoms with Crippen molar-refractivity contribution in [1.82, 2.24) is 4.57 Å². The van der Waals surface area contributed by atoms with Crippen LogP contribution in [0.15, 0.2) is 40.9 Å². The van der Waals surface area contributed by atoms with E-state index in [-0.39, 0.29) is 5.69 Å². The first kappa shape index (κ1) is 21.4. The van der Waals surface area contributed by atoms with E-state index in [4.69, 9.17) is 0 Å². The molecule has 0 aliphatic carbocycles. The van der Waals surface area contributed by atoms with Crippen LogP contribution in [-0.2, 0) is 11.0 Å². The van der Waals surface area contributed by atoms with E-state index >= 15 is 0 Å². The summed E-state index contributed by atoms with van der Waals surface area (Å²) in [5.74, 6) is -0.408. The van der Waals surface area contributed by atoms with Gasteiger partial charge in [0.05, 0.1) is 5.56 Å². The lowest BCUT2D eigenvalue weighted by atomic mass is 10.0. The third-order valence-electron chi connectivity index (χ3n) is 5.58. The topological polar surface area (TPSA) is 34.0 Å². The summed E-state index contributed by atoms with van der Waals surface area (Å²) >= 11 is 3.59. The zero-order chi connectivity index (χ0) is 22.7. The number of benzene rings is 2. The van der Waals surface area contributed by atoms with Crippen molar-refractivity contribution in [2.24, 2.45) is 0 Å². The maximum absolute atomic E-state index is 13.0. The van der Waals surface area contributed by atoms with Gasteiger partial charge in [-0.15, -0.1) is 0 Å². The molecule has 1 amide bonds. The summed E-state index contributed by atoms with van der Waals surface area (Å²) < 4.78 is 42.2. The second kappa shape index (κ2) is 7.41. The van der Waals surface area contributed by atoms with Gasteiger partial charge in [0.2, 0.25) is 0 Å². The van der Waals surface area contributed by atoms with Crippen molar-refractivity contribution in [3.8, 4) is 5.69 Å². The number of amides is 1. The third kappa shape index (κ3) is 3.71. The Morgan fingerprint density at radius 1 is 1.00 bits per heavy atom. The van der Waals surface area contributed by atoms with Crippen molar-refractivity contribution in [2.45, 2.75) is 33.9 Å². The summed E-state index contributed by atoms with van der Waals surface area (Å²) in [5.41, 5.74) is 6.25. The summed E-state index contributed by atoms with van der Waals surface area (Å²) in [7, 11) is 0. The Morgan fingerprint density at radius 2 is 1.65 bits per heavy atom. The van der Waals surface area contributed by atoms with Gasteiger partial charge in [0.25, 0.3) is 5.91 Å². The number of hydrogen-bond acceptors (Lipinski definition) is 1. The van der Waals surface area contributed by atoms with Crippen LogP contribution in [0.5, 0.6) is 0 Å². The van der Waals surface area contributed by atoms with Gasteiger partial charge in [0.1, 0.15) is 0 Å². The minimum Gasteiger partial charge on any atom is -0.321 e. The normalized spacial score (nSPS) is 14.8. The van der Waals surface area contributed by atoms with Gasteiger partial charge in [0, 0.05) is 38.4 Å². The Morgan fingerprint density at radius 3 is 2.26 bits per heavy atom. The number of carbonyl (C=O) groups is 1. The summed E-state index contributed by atoms with van der Waals surface area (Å²) in [6.45, 7) is 8.02. The van der Waals surface area contributed by atoms with E-state index < -0.39 is 17.6 Å². The molecule has 1 aromatic heterocycles. The summed E-state index contributed by atoms with van der Waals surface area (Å²) in [6.07, 6.45) is -2.72. The Hall–Kier alpha value is -2.80. The van der Waals surface area contributed by atoms with Gasteiger partial charge in [0.15, 0.2) is 0 Å². The standard InChI is InChI=1S/C24H20BrF3N2O/c1-12-7-18(8-13(2)22(12)25)30-14(3)9-16(15(30)4)10-20-19-6-5-17(24(26,27)28)11-21(19)29-23(20)31/h5-11H,1-4H3,(H,29,31)/b20-10+. The van der Waals surface area contributed by atoms with Crippen LogP contribution in [0, 0.1) is 27.7 Å². The number of anilines is 1. The van der Waals surface area contributed by atoms with Crippen molar-refractivity contribution in [3.05, 3.63) is 80.1 Å². The lowest BCUT2D eigenvalue weighted by Gasteiger charge is -2.13. The highest BCUT2D eigenvalue weighted by Gasteiger charge is 2.33. The van der Waals surface area contributed by atoms with Gasteiger partial charge in [-0.3, -0.25) is 4.79 Å². The van der Waals surface area contributed by atoms with Crippen molar-refractivity contribution >= 4 is 39.2 Å². The molecule has 3 aromatic rings. The van der Waals surface area contributed by atoms with Crippen LogP contribution in [0.25, 0.3) is 17.3 Å². The Bertz CT molecular complexity index is 1250. The molecular weight excluding hydrogens is 469 g/mol. The van der Waals surface area contributed by atoms with Crippen LogP contribution in [0.2, 0.25) is 0 Å². The summed E-state index contributed by atoms with van der Waals surface area (Å²) in [5, 5.41) is 2.55. The average molecular weight is 489 g/mol. The number of aromatic nitrogens is 1. The quantitative estimate of drug-likeness (QED) is 0.387. The Kier molecular flexibility index (Phi) is 5.12. The van der Waals surface area contributed by atoms with E-state index in [2.05, 4.69) is 37.9 Å². The first-order valence-electron chi connectivity index (χ1n) is 9.68. The fraction of sp³-hybridized carbons (Fsp3) is 0.208. The molecule has 2 aromatic carbocycles. The van der Waals surface area contributed by atoms with Gasteiger partial charge in [-0.2, -0.15) is 13.2 Å². The molecule has 7 heteroatoms. The fourth-order valence-corrected chi connectivity index (χ4v) is 4.28. The van der Waals surface area contributed by atoms with E-state index in [1.807, 2.05) is 33.8 Å². The number of nitrogens with zero attached hydrogens (tertiary/aromatic N) is 1. The average Bonchev–Trinajstić information content (AvgIpc) is 3.14. The second-order valence-electron chi connectivity index (χ2n) is 7.83. The number of aryl methyl sites for hydroxylation is 3. The highest BCUT2D eigenvalue weighted by molar-refractivity contribution is 9.10. The SMILES string of the molecule is Cc1cc(-n2c(C)cc(/C=C3/C(=O)Nc4cc(C(F)(F)F)ccc43)c2C)cc(C)c1Br. The molecular formula is C24H20BrF3N2O. The Labute approximate surface area is 186 Å². The van der Waals surface area contributed by atoms with Gasteiger partial charge < -0.3 is 9.88 Å². The van der Waals surface area contributed by atoms with Crippen molar-refractivity contribution in [3.63, 3.8) is 0 Å². The molecule has 0 unspecified atom stereocenters. The molecule has 3 nitrogen and oxygen atoms in total. The molecule has 0 saturated carbocycles. The van der Waals surface area contributed by atoms with E-state index in [0.717, 1.165) is 50.4 Å². The van der Waals surface area contributed by atoms with E-state index in [1.54, 1.807) is 6.08 Å². The zero-order valence-corrected chi connectivity index (χ0v) is 19.0. The number of fused-ring (bicyclic) bond motifs is 1. The van der Waals surface area contributed by atoms with E-state index in [1.165, 1.54) is 6.07 Å². The van der Waals surface area contributed by atoms with Crippen LogP contribution < -0.4 is 5.32 Å². The van der Waals surface area contributed by atoms with E-state index in [0.29, 0.717) is 11.1 Å². The monoisotopic (exact) mass is 488 g/mol. The number of nitrogens with one attached hydrogen (secondary N) is 1. The number of carbonyl (C=O) groups excluding carboxylic acids is 1. The highest BCUT2D eigenvalue weighted by Crippen LogP contribution is 2.39. The zero-order valence-electron chi connectivity index (χ0n) is 17.4. The van der Waals surface area contributed by atoms with Crippen LogP contribution in [0.3, 0.4) is 0 Å². The van der Waals surface area contributed by atoms with Crippen molar-refractivity contribution in [2.75, 3.05) is 5.32 Å². The number of hydrogen-bond donors (Lipinski definition) is 1. The lowest BCUT2D eigenvalue weighted by molar-refractivity contribution is -0.137. The molecule has 160 valence electrons. The molecule has 1 N–H and O–H groups in total. The van der Waals surface area contributed by atoms with Crippen LogP contribution >= 0.6 is 15.9 Å². The van der Waals surface area contributed by atoms with Crippen LogP contribution in [0.1, 0.15) is 39.2 Å². The first-order valence-corrected chi connectivity index (χ1v) is 10.5. The number of alkyl halides is 3. The summed E-state index contributed by atoms with van der Waals surface area (Å²) in [6, 6.07) is 9.48. The first-order chi connectivity index (χ1) is 14.5.